The third kappa shape index (κ3) is 1.79. The lowest BCUT2D eigenvalue weighted by molar-refractivity contribution is 0.482. The fourth-order valence-electron chi connectivity index (χ4n) is 1.21. The summed E-state index contributed by atoms with van der Waals surface area (Å²) >= 11 is 0. The summed E-state index contributed by atoms with van der Waals surface area (Å²) in [4.78, 5) is 0. The van der Waals surface area contributed by atoms with Crippen molar-refractivity contribution in [2.45, 2.75) is 26.9 Å². The fraction of sp³-hybridized carbons (Fsp3) is 0.400. The lowest BCUT2D eigenvalue weighted by atomic mass is 10.0. The van der Waals surface area contributed by atoms with Gasteiger partial charge in [0.2, 0.25) is 0 Å². The summed E-state index contributed by atoms with van der Waals surface area (Å²) in [5, 5.41) is 0. The van der Waals surface area contributed by atoms with Crippen LogP contribution in [-0.4, -0.2) is 0 Å². The van der Waals surface area contributed by atoms with Crippen molar-refractivity contribution >= 4 is 0 Å². The summed E-state index contributed by atoms with van der Waals surface area (Å²) in [5.74, 6) is 0. The van der Waals surface area contributed by atoms with Gasteiger partial charge in [0.25, 0.3) is 0 Å². The van der Waals surface area contributed by atoms with Gasteiger partial charge in [-0.2, -0.15) is 0 Å². The zero-order valence-electron chi connectivity index (χ0n) is 7.02. The Morgan fingerprint density at radius 2 is 2.00 bits per heavy atom. The Labute approximate surface area is 67.1 Å². The van der Waals surface area contributed by atoms with E-state index in [4.69, 9.17) is 0 Å². The largest absolute Gasteiger partial charge is 0.246 e. The van der Waals surface area contributed by atoms with E-state index in [9.17, 15) is 4.39 Å². The molecule has 0 nitrogen and oxygen atoms in total. The predicted molar refractivity (Wildman–Crippen MR) is 45.4 cm³/mol. The van der Waals surface area contributed by atoms with E-state index >= 15 is 0 Å². The molecule has 0 bridgehead atoms. The highest BCUT2D eigenvalue weighted by Gasteiger charge is 1.98. The number of benzene rings is 1. The number of rotatable bonds is 2. The molecule has 0 saturated heterocycles. The van der Waals surface area contributed by atoms with E-state index < -0.39 is 0 Å². The SMILES string of the molecule is CCc1cc(C)ccc1CF. The Bertz CT molecular complexity index is 241. The number of halogens is 1. The maximum atomic E-state index is 12.3. The van der Waals surface area contributed by atoms with Gasteiger partial charge in [-0.25, -0.2) is 4.39 Å². The smallest absolute Gasteiger partial charge is 0.115 e. The second kappa shape index (κ2) is 3.51. The minimum Gasteiger partial charge on any atom is -0.246 e. The van der Waals surface area contributed by atoms with Crippen molar-refractivity contribution in [3.63, 3.8) is 0 Å². The van der Waals surface area contributed by atoms with E-state index in [-0.39, 0.29) is 6.67 Å². The van der Waals surface area contributed by atoms with Crippen molar-refractivity contribution in [1.82, 2.24) is 0 Å². The first-order valence-corrected chi connectivity index (χ1v) is 3.92. The third-order valence-corrected chi connectivity index (χ3v) is 1.89. The van der Waals surface area contributed by atoms with Crippen LogP contribution in [0.25, 0.3) is 0 Å². The Hall–Kier alpha value is -0.850. The molecule has 0 N–H and O–H groups in total. The van der Waals surface area contributed by atoms with E-state index in [2.05, 4.69) is 6.07 Å². The van der Waals surface area contributed by atoms with Gasteiger partial charge in [0.05, 0.1) is 0 Å². The van der Waals surface area contributed by atoms with Crippen LogP contribution in [0.3, 0.4) is 0 Å². The minimum absolute atomic E-state index is 0.344. The standard InChI is InChI=1S/C10H13F/c1-3-9-6-8(2)4-5-10(9)7-11/h4-6H,3,7H2,1-2H3. The van der Waals surface area contributed by atoms with Crippen LogP contribution in [0.2, 0.25) is 0 Å². The van der Waals surface area contributed by atoms with Gasteiger partial charge in [-0.1, -0.05) is 30.7 Å². The van der Waals surface area contributed by atoms with Crippen LogP contribution in [-0.2, 0) is 13.1 Å². The minimum atomic E-state index is -0.344. The Balaban J connectivity index is 3.06. The molecule has 1 rings (SSSR count). The molecule has 0 saturated carbocycles. The normalized spacial score (nSPS) is 10.1. The maximum Gasteiger partial charge on any atom is 0.115 e. The highest BCUT2D eigenvalue weighted by atomic mass is 19.1. The molecule has 1 aromatic rings. The van der Waals surface area contributed by atoms with E-state index in [0.717, 1.165) is 17.5 Å². The lowest BCUT2D eigenvalue weighted by Crippen LogP contribution is -1.90. The van der Waals surface area contributed by atoms with Crippen molar-refractivity contribution in [2.75, 3.05) is 0 Å². The quantitative estimate of drug-likeness (QED) is 0.611. The molecule has 11 heavy (non-hydrogen) atoms. The molecule has 1 aromatic carbocycles. The van der Waals surface area contributed by atoms with Gasteiger partial charge >= 0.3 is 0 Å². The van der Waals surface area contributed by atoms with E-state index in [1.807, 2.05) is 26.0 Å². The zero-order chi connectivity index (χ0) is 8.27. The van der Waals surface area contributed by atoms with Gasteiger partial charge in [-0.05, 0) is 24.5 Å². The number of hydrogen-bond acceptors (Lipinski definition) is 0. The van der Waals surface area contributed by atoms with Gasteiger partial charge in [0.15, 0.2) is 0 Å². The number of aryl methyl sites for hydroxylation is 2. The molecule has 0 aliphatic carbocycles. The van der Waals surface area contributed by atoms with E-state index in [0.29, 0.717) is 0 Å². The fourth-order valence-corrected chi connectivity index (χ4v) is 1.21. The van der Waals surface area contributed by atoms with Crippen molar-refractivity contribution in [3.05, 3.63) is 34.9 Å². The van der Waals surface area contributed by atoms with Gasteiger partial charge < -0.3 is 0 Å². The lowest BCUT2D eigenvalue weighted by Gasteiger charge is -2.03. The predicted octanol–water partition coefficient (Wildman–Crippen LogP) is 3.03. The molecule has 60 valence electrons. The highest BCUT2D eigenvalue weighted by molar-refractivity contribution is 5.30. The van der Waals surface area contributed by atoms with E-state index in [1.165, 1.54) is 5.56 Å². The van der Waals surface area contributed by atoms with Gasteiger partial charge in [-0.3, -0.25) is 0 Å². The summed E-state index contributed by atoms with van der Waals surface area (Å²) in [7, 11) is 0. The maximum absolute atomic E-state index is 12.3. The van der Waals surface area contributed by atoms with Crippen LogP contribution < -0.4 is 0 Å². The summed E-state index contributed by atoms with van der Waals surface area (Å²) < 4.78 is 12.3. The molecule has 0 radical (unpaired) electrons. The van der Waals surface area contributed by atoms with Crippen molar-refractivity contribution in [3.8, 4) is 0 Å². The molecule has 0 fully saturated rings. The molecule has 0 aliphatic heterocycles. The summed E-state index contributed by atoms with van der Waals surface area (Å²) in [5.41, 5.74) is 3.17. The first-order chi connectivity index (χ1) is 5.27. The molecule has 0 aromatic heterocycles. The van der Waals surface area contributed by atoms with Crippen LogP contribution in [0.4, 0.5) is 4.39 Å². The molecule has 0 aliphatic rings. The molecule has 0 unspecified atom stereocenters. The summed E-state index contributed by atoms with van der Waals surface area (Å²) in [6.45, 7) is 3.73. The topological polar surface area (TPSA) is 0 Å². The zero-order valence-corrected chi connectivity index (χ0v) is 7.02. The number of alkyl halides is 1. The number of hydrogen-bond donors (Lipinski definition) is 0. The Morgan fingerprint density at radius 1 is 1.27 bits per heavy atom. The first kappa shape index (κ1) is 8.25. The average Bonchev–Trinajstić information content (AvgIpc) is 2.04. The second-order valence-electron chi connectivity index (χ2n) is 2.76. The van der Waals surface area contributed by atoms with E-state index in [1.54, 1.807) is 0 Å². The van der Waals surface area contributed by atoms with Gasteiger partial charge in [0, 0.05) is 0 Å². The van der Waals surface area contributed by atoms with Crippen molar-refractivity contribution < 1.29 is 4.39 Å². The Kier molecular flexibility index (Phi) is 2.64. The van der Waals surface area contributed by atoms with Crippen LogP contribution in [0.5, 0.6) is 0 Å². The molecular weight excluding hydrogens is 139 g/mol. The van der Waals surface area contributed by atoms with Crippen molar-refractivity contribution in [1.29, 1.82) is 0 Å². The second-order valence-corrected chi connectivity index (χ2v) is 2.76. The highest BCUT2D eigenvalue weighted by Crippen LogP contribution is 2.13. The molecule has 0 atom stereocenters. The average molecular weight is 152 g/mol. The molecule has 0 spiro atoms. The van der Waals surface area contributed by atoms with Crippen LogP contribution in [0.1, 0.15) is 23.6 Å². The summed E-state index contributed by atoms with van der Waals surface area (Å²) in [6, 6.07) is 5.87. The van der Waals surface area contributed by atoms with Crippen LogP contribution in [0, 0.1) is 6.92 Å². The molecule has 0 heterocycles. The van der Waals surface area contributed by atoms with Crippen molar-refractivity contribution in [2.24, 2.45) is 0 Å². The molecule has 1 heteroatoms. The summed E-state index contributed by atoms with van der Waals surface area (Å²) in [6.07, 6.45) is 0.918. The molecule has 0 amide bonds. The van der Waals surface area contributed by atoms with Gasteiger partial charge in [-0.15, -0.1) is 0 Å². The third-order valence-electron chi connectivity index (χ3n) is 1.89. The van der Waals surface area contributed by atoms with Crippen LogP contribution >= 0.6 is 0 Å². The first-order valence-electron chi connectivity index (χ1n) is 3.92. The van der Waals surface area contributed by atoms with Crippen LogP contribution in [0.15, 0.2) is 18.2 Å². The Morgan fingerprint density at radius 3 is 2.55 bits per heavy atom. The molecular formula is C10H13F. The monoisotopic (exact) mass is 152 g/mol. The van der Waals surface area contributed by atoms with Gasteiger partial charge in [0.1, 0.15) is 6.67 Å².